The molecule has 0 saturated heterocycles. The van der Waals surface area contributed by atoms with Crippen LogP contribution in [0.25, 0.3) is 25.8 Å². The van der Waals surface area contributed by atoms with Gasteiger partial charge in [0.05, 0.1) is 10.2 Å². The number of hydrogen-bond donors (Lipinski definition) is 1. The summed E-state index contributed by atoms with van der Waals surface area (Å²) in [4.78, 5) is 5.98. The van der Waals surface area contributed by atoms with Gasteiger partial charge in [0.25, 0.3) is 10.1 Å². The maximum Gasteiger partial charge on any atom is 0.402 e. The molecule has 2 aromatic carbocycles. The average molecular weight is 411 g/mol. The Labute approximate surface area is 152 Å². The van der Waals surface area contributed by atoms with Gasteiger partial charge in [0.2, 0.25) is 5.39 Å². The number of diazo groups is 1. The second-order valence-corrected chi connectivity index (χ2v) is 9.00. The molecule has 12 heteroatoms. The van der Waals surface area contributed by atoms with Crippen molar-refractivity contribution in [2.75, 3.05) is 0 Å². The fourth-order valence-electron chi connectivity index (χ4n) is 2.44. The zero-order chi connectivity index (χ0) is 19.3. The molecular formula is C14H9N3O6S3. The van der Waals surface area contributed by atoms with E-state index in [4.69, 9.17) is 5.39 Å². The highest BCUT2D eigenvalue weighted by molar-refractivity contribution is 7.86. The van der Waals surface area contributed by atoms with Gasteiger partial charge in [-0.1, -0.05) is 6.07 Å². The van der Waals surface area contributed by atoms with Crippen LogP contribution in [0.1, 0.15) is 5.56 Å². The van der Waals surface area contributed by atoms with Crippen molar-refractivity contribution in [2.45, 2.75) is 16.7 Å². The van der Waals surface area contributed by atoms with Crippen molar-refractivity contribution in [1.82, 2.24) is 4.98 Å². The Morgan fingerprint density at radius 2 is 1.88 bits per heavy atom. The first-order valence-electron chi connectivity index (χ1n) is 6.85. The standard InChI is InChI=1S/C14H9N3O6S3/c1-7-2-4-10-12(13(7)26(21,22)23)24-14(16-10)8-3-5-9(17-15)11(6-8)25(18,19)20/h2-6H,1H3,(H-,18,19,20,21,22,23). The van der Waals surface area contributed by atoms with Crippen molar-refractivity contribution >= 4 is 47.5 Å². The zero-order valence-corrected chi connectivity index (χ0v) is 15.4. The molecule has 0 bridgehead atoms. The predicted molar refractivity (Wildman–Crippen MR) is 92.3 cm³/mol. The van der Waals surface area contributed by atoms with E-state index in [0.717, 1.165) is 23.5 Å². The van der Waals surface area contributed by atoms with Gasteiger partial charge in [-0.3, -0.25) is 4.55 Å². The summed E-state index contributed by atoms with van der Waals surface area (Å²) in [5.74, 6) is 0. The van der Waals surface area contributed by atoms with Crippen molar-refractivity contribution in [2.24, 2.45) is 0 Å². The Kier molecular flexibility index (Phi) is 4.29. The van der Waals surface area contributed by atoms with Gasteiger partial charge in [0, 0.05) is 11.6 Å². The quantitative estimate of drug-likeness (QED) is 0.510. The van der Waals surface area contributed by atoms with Gasteiger partial charge in [-0.15, -0.1) is 11.3 Å². The number of thiazole rings is 1. The lowest BCUT2D eigenvalue weighted by atomic mass is 10.2. The van der Waals surface area contributed by atoms with E-state index in [1.165, 1.54) is 19.1 Å². The number of benzene rings is 2. The van der Waals surface area contributed by atoms with Gasteiger partial charge < -0.3 is 4.55 Å². The minimum atomic E-state index is -4.91. The summed E-state index contributed by atoms with van der Waals surface area (Å²) in [5, 5.41) is 9.05. The zero-order valence-electron chi connectivity index (χ0n) is 12.9. The third kappa shape index (κ3) is 3.18. The van der Waals surface area contributed by atoms with Crippen LogP contribution in [0.3, 0.4) is 0 Å². The first-order valence-corrected chi connectivity index (χ1v) is 10.5. The lowest BCUT2D eigenvalue weighted by Crippen LogP contribution is -2.00. The molecule has 1 N–H and O–H groups in total. The molecule has 0 atom stereocenters. The highest BCUT2D eigenvalue weighted by Crippen LogP contribution is 2.37. The highest BCUT2D eigenvalue weighted by atomic mass is 32.2. The van der Waals surface area contributed by atoms with Crippen LogP contribution in [0.15, 0.2) is 40.1 Å². The Balaban J connectivity index is 2.30. The molecule has 3 aromatic rings. The monoisotopic (exact) mass is 411 g/mol. The summed E-state index contributed by atoms with van der Waals surface area (Å²) in [6.45, 7) is 1.52. The first-order chi connectivity index (χ1) is 12.0. The third-order valence-corrected chi connectivity index (χ3v) is 6.73. The van der Waals surface area contributed by atoms with Crippen molar-refractivity contribution in [3.05, 3.63) is 40.9 Å². The molecule has 1 heterocycles. The molecule has 1 aromatic heterocycles. The highest BCUT2D eigenvalue weighted by Gasteiger charge is 2.23. The minimum Gasteiger partial charge on any atom is -0.744 e. The van der Waals surface area contributed by atoms with Gasteiger partial charge in [0.15, 0.2) is 9.87 Å². The predicted octanol–water partition coefficient (Wildman–Crippen LogP) is 2.91. The van der Waals surface area contributed by atoms with E-state index >= 15 is 0 Å². The van der Waals surface area contributed by atoms with Crippen LogP contribution < -0.4 is 0 Å². The topological polar surface area (TPSA) is 153 Å². The Morgan fingerprint density at radius 1 is 1.19 bits per heavy atom. The molecule has 0 amide bonds. The number of hydrogen-bond acceptors (Lipinski definition) is 8. The Hall–Kier alpha value is -2.43. The number of fused-ring (bicyclic) bond motifs is 1. The maximum atomic E-state index is 11.7. The normalized spacial score (nSPS) is 12.2. The van der Waals surface area contributed by atoms with E-state index in [0.29, 0.717) is 5.56 Å². The van der Waals surface area contributed by atoms with Gasteiger partial charge in [-0.25, -0.2) is 13.4 Å². The van der Waals surface area contributed by atoms with E-state index in [2.05, 4.69) is 9.96 Å². The van der Waals surface area contributed by atoms with Crippen molar-refractivity contribution in [3.63, 3.8) is 0 Å². The molecule has 0 aliphatic carbocycles. The van der Waals surface area contributed by atoms with E-state index < -0.39 is 30.8 Å². The molecule has 0 aliphatic rings. The molecule has 0 saturated carbocycles. The van der Waals surface area contributed by atoms with E-state index in [1.807, 2.05) is 0 Å². The van der Waals surface area contributed by atoms with Gasteiger partial charge in [-0.05, 0) is 30.7 Å². The lowest BCUT2D eigenvalue weighted by molar-refractivity contribution is 0.463. The van der Waals surface area contributed by atoms with Crippen LogP contribution in [-0.2, 0) is 20.2 Å². The molecule has 3 rings (SSSR count). The summed E-state index contributed by atoms with van der Waals surface area (Å²) in [5.41, 5.74) is 0.407. The van der Waals surface area contributed by atoms with Crippen LogP contribution in [0.2, 0.25) is 0 Å². The fourth-order valence-corrected chi connectivity index (χ4v) is 5.39. The maximum absolute atomic E-state index is 11.7. The van der Waals surface area contributed by atoms with Crippen LogP contribution >= 0.6 is 11.3 Å². The second-order valence-electron chi connectivity index (χ2n) is 5.29. The van der Waals surface area contributed by atoms with Gasteiger partial charge in [-0.2, -0.15) is 8.42 Å². The number of aromatic nitrogens is 1. The molecule has 0 spiro atoms. The number of aryl methyl sites for hydroxylation is 1. The summed E-state index contributed by atoms with van der Waals surface area (Å²) < 4.78 is 67.0. The third-order valence-electron chi connectivity index (χ3n) is 3.55. The molecule has 0 fully saturated rings. The number of rotatable bonds is 3. The first kappa shape index (κ1) is 18.4. The molecular weight excluding hydrogens is 402 g/mol. The van der Waals surface area contributed by atoms with Crippen LogP contribution in [-0.4, -0.2) is 30.9 Å². The van der Waals surface area contributed by atoms with Crippen molar-refractivity contribution in [3.8, 4) is 10.6 Å². The van der Waals surface area contributed by atoms with E-state index in [-0.39, 0.29) is 25.7 Å². The average Bonchev–Trinajstić information content (AvgIpc) is 2.95. The molecule has 134 valence electrons. The minimum absolute atomic E-state index is 0.199. The van der Waals surface area contributed by atoms with E-state index in [9.17, 15) is 25.9 Å². The number of nitrogens with zero attached hydrogens (tertiary/aromatic N) is 3. The lowest BCUT2D eigenvalue weighted by Gasteiger charge is -2.05. The molecule has 9 nitrogen and oxygen atoms in total. The molecule has 26 heavy (non-hydrogen) atoms. The summed E-state index contributed by atoms with van der Waals surface area (Å²) in [7, 11) is -9.40. The summed E-state index contributed by atoms with van der Waals surface area (Å²) >= 11 is 0.911. The van der Waals surface area contributed by atoms with Gasteiger partial charge in [0.1, 0.15) is 20.0 Å². The smallest absolute Gasteiger partial charge is 0.402 e. The van der Waals surface area contributed by atoms with E-state index in [1.54, 1.807) is 6.07 Å². The fraction of sp³-hybridized carbons (Fsp3) is 0.0714. The van der Waals surface area contributed by atoms with Crippen LogP contribution in [0, 0.1) is 12.3 Å². The Morgan fingerprint density at radius 3 is 2.46 bits per heavy atom. The van der Waals surface area contributed by atoms with Crippen LogP contribution in [0.4, 0.5) is 5.69 Å². The van der Waals surface area contributed by atoms with Crippen molar-refractivity contribution < 1.29 is 25.9 Å². The second kappa shape index (κ2) is 6.08. The molecule has 0 radical (unpaired) electrons. The SMILES string of the molecule is Cc1ccc2nc(-c3ccc([N+]#N)c(S(=O)(=O)[O-])c3)sc2c1S(=O)(=O)O. The summed E-state index contributed by atoms with van der Waals surface area (Å²) in [6, 6.07) is 6.54. The Bertz CT molecular complexity index is 1300. The largest absolute Gasteiger partial charge is 0.744 e. The molecule has 0 aliphatic heterocycles. The summed E-state index contributed by atoms with van der Waals surface area (Å²) in [6.07, 6.45) is 0. The van der Waals surface area contributed by atoms with Crippen molar-refractivity contribution in [1.29, 1.82) is 5.39 Å². The molecule has 0 unspecified atom stereocenters. The van der Waals surface area contributed by atoms with Gasteiger partial charge >= 0.3 is 5.69 Å². The van der Waals surface area contributed by atoms with Crippen LogP contribution in [0.5, 0.6) is 0 Å².